The molecule has 1 saturated heterocycles. The van der Waals surface area contributed by atoms with Crippen LogP contribution in [0.3, 0.4) is 0 Å². The molecule has 6 nitrogen and oxygen atoms in total. The summed E-state index contributed by atoms with van der Waals surface area (Å²) in [5.74, 6) is -0.559. The van der Waals surface area contributed by atoms with Gasteiger partial charge in [-0.15, -0.1) is 4.98 Å². The lowest BCUT2D eigenvalue weighted by atomic mass is 9.89. The lowest BCUT2D eigenvalue weighted by molar-refractivity contribution is 0.0235. The zero-order chi connectivity index (χ0) is 27.9. The van der Waals surface area contributed by atoms with E-state index in [2.05, 4.69) is 9.83 Å². The van der Waals surface area contributed by atoms with Gasteiger partial charge >= 0.3 is 0 Å². The largest absolute Gasteiger partial charge is 0.365 e. The number of anilines is 1. The molecule has 0 amide bonds. The molecular formula is C30H28F3N5O. The summed E-state index contributed by atoms with van der Waals surface area (Å²) in [6.07, 6.45) is 0. The molecule has 1 atom stereocenters. The Labute approximate surface area is 224 Å². The van der Waals surface area contributed by atoms with E-state index in [0.29, 0.717) is 29.8 Å². The molecule has 4 aromatic rings. The van der Waals surface area contributed by atoms with Gasteiger partial charge in [-0.3, -0.25) is 9.69 Å². The number of piperazine rings is 1. The molecule has 1 aliphatic heterocycles. The highest BCUT2D eigenvalue weighted by atomic mass is 19.1. The van der Waals surface area contributed by atoms with E-state index in [0.717, 1.165) is 11.1 Å². The number of benzene rings is 2. The molecule has 0 bridgehead atoms. The maximum absolute atomic E-state index is 16.0. The number of aryl methyl sites for hydroxylation is 1. The maximum atomic E-state index is 16.0. The summed E-state index contributed by atoms with van der Waals surface area (Å²) in [5.41, 5.74) is 1.24. The number of rotatable bonds is 5. The highest BCUT2D eigenvalue weighted by Crippen LogP contribution is 2.38. The number of halogens is 3. The smallest absolute Gasteiger partial charge is 0.270 e. The fraction of sp³-hybridized carbons (Fsp3) is 0.300. The highest BCUT2D eigenvalue weighted by Gasteiger charge is 2.43. The summed E-state index contributed by atoms with van der Waals surface area (Å²) >= 11 is 0. The topological polar surface area (TPSA) is 45.7 Å². The molecule has 9 heteroatoms. The van der Waals surface area contributed by atoms with E-state index >= 15 is 4.39 Å². The molecule has 0 aliphatic carbocycles. The van der Waals surface area contributed by atoms with Gasteiger partial charge in [-0.2, -0.15) is 0 Å². The van der Waals surface area contributed by atoms with Crippen LogP contribution in [0.5, 0.6) is 0 Å². The van der Waals surface area contributed by atoms with Crippen molar-refractivity contribution >= 4 is 22.5 Å². The SMILES string of the molecule is [C-]#[N+]c1ccc2c(n1)c(N1CCN(C(c3ccc(F)cc3)c3ccc(F)cc3)C(C(C)(C)F)C1)cc(=O)n2C. The first-order valence-electron chi connectivity index (χ1n) is 12.7. The van der Waals surface area contributed by atoms with Crippen LogP contribution in [0.4, 0.5) is 24.7 Å². The Hall–Kier alpha value is -4.16. The van der Waals surface area contributed by atoms with Crippen molar-refractivity contribution in [2.75, 3.05) is 24.5 Å². The van der Waals surface area contributed by atoms with Crippen molar-refractivity contribution in [1.29, 1.82) is 0 Å². The molecule has 0 saturated carbocycles. The molecule has 39 heavy (non-hydrogen) atoms. The van der Waals surface area contributed by atoms with Gasteiger partial charge in [0.2, 0.25) is 5.52 Å². The lowest BCUT2D eigenvalue weighted by Crippen LogP contribution is -2.61. The first-order valence-corrected chi connectivity index (χ1v) is 12.7. The van der Waals surface area contributed by atoms with Crippen LogP contribution in [0, 0.1) is 18.2 Å². The summed E-state index contributed by atoms with van der Waals surface area (Å²) in [7, 11) is 1.65. The minimum absolute atomic E-state index is 0.205. The second-order valence-electron chi connectivity index (χ2n) is 10.3. The van der Waals surface area contributed by atoms with Crippen LogP contribution in [0.15, 0.2) is 71.5 Å². The van der Waals surface area contributed by atoms with Crippen molar-refractivity contribution < 1.29 is 13.2 Å². The van der Waals surface area contributed by atoms with E-state index in [1.807, 2.05) is 9.80 Å². The fourth-order valence-electron chi connectivity index (χ4n) is 5.41. The zero-order valence-electron chi connectivity index (χ0n) is 21.9. The van der Waals surface area contributed by atoms with Crippen molar-refractivity contribution in [3.8, 4) is 0 Å². The minimum Gasteiger partial charge on any atom is -0.365 e. The fourth-order valence-corrected chi connectivity index (χ4v) is 5.41. The van der Waals surface area contributed by atoms with Crippen LogP contribution < -0.4 is 10.5 Å². The van der Waals surface area contributed by atoms with Gasteiger partial charge in [0.05, 0.1) is 23.3 Å². The van der Waals surface area contributed by atoms with E-state index in [1.54, 1.807) is 43.4 Å². The van der Waals surface area contributed by atoms with Crippen molar-refractivity contribution in [3.05, 3.63) is 111 Å². The summed E-state index contributed by atoms with van der Waals surface area (Å²) in [6.45, 7) is 11.5. The van der Waals surface area contributed by atoms with Crippen molar-refractivity contribution in [3.63, 3.8) is 0 Å². The average Bonchev–Trinajstić information content (AvgIpc) is 2.92. The van der Waals surface area contributed by atoms with Crippen LogP contribution in [0.1, 0.15) is 31.0 Å². The van der Waals surface area contributed by atoms with Crippen LogP contribution in [0.2, 0.25) is 0 Å². The summed E-state index contributed by atoms with van der Waals surface area (Å²) in [6, 6.07) is 15.8. The molecule has 0 spiro atoms. The molecule has 200 valence electrons. The monoisotopic (exact) mass is 531 g/mol. The van der Waals surface area contributed by atoms with Gasteiger partial charge in [0.15, 0.2) is 0 Å². The Morgan fingerprint density at radius 1 is 0.974 bits per heavy atom. The number of aromatic nitrogens is 2. The van der Waals surface area contributed by atoms with Gasteiger partial charge in [-0.25, -0.2) is 13.2 Å². The van der Waals surface area contributed by atoms with E-state index in [1.165, 1.54) is 48.7 Å². The van der Waals surface area contributed by atoms with Gasteiger partial charge in [0, 0.05) is 32.7 Å². The summed E-state index contributed by atoms with van der Waals surface area (Å²) in [4.78, 5) is 24.7. The number of pyridine rings is 2. The van der Waals surface area contributed by atoms with Gasteiger partial charge in [-0.05, 0) is 61.4 Å². The van der Waals surface area contributed by atoms with Gasteiger partial charge in [0.25, 0.3) is 11.4 Å². The van der Waals surface area contributed by atoms with Crippen molar-refractivity contribution in [1.82, 2.24) is 14.5 Å². The lowest BCUT2D eigenvalue weighted by Gasteiger charge is -2.49. The van der Waals surface area contributed by atoms with E-state index < -0.39 is 17.8 Å². The Morgan fingerprint density at radius 3 is 2.10 bits per heavy atom. The molecule has 0 N–H and O–H groups in total. The van der Waals surface area contributed by atoms with Crippen LogP contribution >= 0.6 is 0 Å². The number of hydrogen-bond donors (Lipinski definition) is 0. The maximum Gasteiger partial charge on any atom is 0.270 e. The van der Waals surface area contributed by atoms with Crippen LogP contribution in [-0.2, 0) is 7.05 Å². The van der Waals surface area contributed by atoms with Gasteiger partial charge in [0.1, 0.15) is 17.3 Å². The predicted molar refractivity (Wildman–Crippen MR) is 146 cm³/mol. The van der Waals surface area contributed by atoms with E-state index in [-0.39, 0.29) is 29.6 Å². The van der Waals surface area contributed by atoms with Gasteiger partial charge < -0.3 is 14.3 Å². The molecule has 0 radical (unpaired) electrons. The third kappa shape index (κ3) is 5.12. The summed E-state index contributed by atoms with van der Waals surface area (Å²) in [5, 5.41) is 0. The first-order chi connectivity index (χ1) is 18.6. The Kier molecular flexibility index (Phi) is 6.91. The third-order valence-electron chi connectivity index (χ3n) is 7.43. The summed E-state index contributed by atoms with van der Waals surface area (Å²) < 4.78 is 45.1. The number of hydrogen-bond acceptors (Lipinski definition) is 4. The molecule has 1 aliphatic rings. The highest BCUT2D eigenvalue weighted by molar-refractivity contribution is 5.89. The standard InChI is InChI=1S/C30H28F3N5O/c1-30(2,33)25-18-37(24-17-27(39)36(4)23-13-14-26(34-3)35-28(23)24)15-16-38(25)29(19-5-9-21(31)10-6-19)20-7-11-22(32)12-8-20/h5-14,17,25,29H,15-16,18H2,1-2,4H3. The van der Waals surface area contributed by atoms with Crippen LogP contribution in [0.25, 0.3) is 15.9 Å². The zero-order valence-corrected chi connectivity index (χ0v) is 21.9. The molecule has 1 fully saturated rings. The Balaban J connectivity index is 1.60. The van der Waals surface area contributed by atoms with Gasteiger partial charge in [-0.1, -0.05) is 30.8 Å². The minimum atomic E-state index is -1.68. The molecule has 2 aromatic carbocycles. The Morgan fingerprint density at radius 2 is 1.56 bits per heavy atom. The second kappa shape index (κ2) is 10.2. The number of nitrogens with zero attached hydrogens (tertiary/aromatic N) is 5. The first kappa shape index (κ1) is 26.4. The van der Waals surface area contributed by atoms with E-state index in [9.17, 15) is 13.6 Å². The number of fused-ring (bicyclic) bond motifs is 1. The van der Waals surface area contributed by atoms with Crippen molar-refractivity contribution in [2.24, 2.45) is 7.05 Å². The number of alkyl halides is 1. The van der Waals surface area contributed by atoms with Crippen molar-refractivity contribution in [2.45, 2.75) is 31.6 Å². The molecule has 3 heterocycles. The molecule has 5 rings (SSSR count). The molecule has 1 unspecified atom stereocenters. The van der Waals surface area contributed by atoms with E-state index in [4.69, 9.17) is 6.57 Å². The predicted octanol–water partition coefficient (Wildman–Crippen LogP) is 5.79. The Bertz CT molecular complexity index is 1560. The van der Waals surface area contributed by atoms with Crippen LogP contribution in [-0.4, -0.2) is 45.8 Å². The third-order valence-corrected chi connectivity index (χ3v) is 7.43. The normalized spacial score (nSPS) is 16.6. The molecular weight excluding hydrogens is 503 g/mol. The second-order valence-corrected chi connectivity index (χ2v) is 10.3. The average molecular weight is 532 g/mol. The quantitative estimate of drug-likeness (QED) is 0.306. The molecule has 2 aromatic heterocycles.